The SMILES string of the molecule is Cc1ccc(NCc2ccnn2C)c(Cl)c1. The second kappa shape index (κ2) is 4.58. The van der Waals surface area contributed by atoms with Crippen LogP contribution in [0.1, 0.15) is 11.3 Å². The molecule has 0 amide bonds. The molecule has 2 rings (SSSR count). The van der Waals surface area contributed by atoms with Crippen LogP contribution in [0.15, 0.2) is 30.5 Å². The third kappa shape index (κ3) is 2.36. The second-order valence-corrected chi connectivity index (χ2v) is 4.19. The van der Waals surface area contributed by atoms with E-state index < -0.39 is 0 Å². The van der Waals surface area contributed by atoms with Crippen molar-refractivity contribution in [2.45, 2.75) is 13.5 Å². The first-order valence-electron chi connectivity index (χ1n) is 5.14. The van der Waals surface area contributed by atoms with E-state index in [1.807, 2.05) is 42.9 Å². The summed E-state index contributed by atoms with van der Waals surface area (Å²) in [5, 5.41) is 8.15. The van der Waals surface area contributed by atoms with E-state index in [9.17, 15) is 0 Å². The van der Waals surface area contributed by atoms with Gasteiger partial charge in [0.15, 0.2) is 0 Å². The van der Waals surface area contributed by atoms with Gasteiger partial charge in [-0.05, 0) is 30.7 Å². The Morgan fingerprint density at radius 2 is 2.19 bits per heavy atom. The second-order valence-electron chi connectivity index (χ2n) is 3.78. The Morgan fingerprint density at radius 3 is 2.81 bits per heavy atom. The number of nitrogens with one attached hydrogen (secondary N) is 1. The van der Waals surface area contributed by atoms with Crippen LogP contribution in [-0.2, 0) is 13.6 Å². The third-order valence-corrected chi connectivity index (χ3v) is 2.82. The summed E-state index contributed by atoms with van der Waals surface area (Å²) in [5.41, 5.74) is 3.24. The van der Waals surface area contributed by atoms with E-state index in [1.165, 1.54) is 0 Å². The minimum atomic E-state index is 0.722. The lowest BCUT2D eigenvalue weighted by Gasteiger charge is -2.09. The first kappa shape index (κ1) is 11.0. The van der Waals surface area contributed by atoms with Gasteiger partial charge in [0.1, 0.15) is 0 Å². The van der Waals surface area contributed by atoms with E-state index in [4.69, 9.17) is 11.6 Å². The number of hydrogen-bond donors (Lipinski definition) is 1. The quantitative estimate of drug-likeness (QED) is 0.887. The molecular formula is C12H14ClN3. The normalized spacial score (nSPS) is 10.4. The van der Waals surface area contributed by atoms with Gasteiger partial charge in [-0.15, -0.1) is 0 Å². The maximum atomic E-state index is 6.12. The number of anilines is 1. The van der Waals surface area contributed by atoms with E-state index in [0.717, 1.165) is 28.5 Å². The van der Waals surface area contributed by atoms with Gasteiger partial charge < -0.3 is 5.32 Å². The largest absolute Gasteiger partial charge is 0.378 e. The summed E-state index contributed by atoms with van der Waals surface area (Å²) in [6.07, 6.45) is 1.79. The molecule has 3 nitrogen and oxygen atoms in total. The van der Waals surface area contributed by atoms with Crippen molar-refractivity contribution in [1.82, 2.24) is 9.78 Å². The predicted molar refractivity (Wildman–Crippen MR) is 66.7 cm³/mol. The minimum Gasteiger partial charge on any atom is -0.378 e. The third-order valence-electron chi connectivity index (χ3n) is 2.51. The van der Waals surface area contributed by atoms with Crippen LogP contribution in [0.3, 0.4) is 0 Å². The number of halogens is 1. The number of hydrogen-bond acceptors (Lipinski definition) is 2. The summed E-state index contributed by atoms with van der Waals surface area (Å²) in [6.45, 7) is 2.75. The molecule has 16 heavy (non-hydrogen) atoms. The van der Waals surface area contributed by atoms with Crippen molar-refractivity contribution >= 4 is 17.3 Å². The molecule has 1 heterocycles. The Bertz CT molecular complexity index is 491. The van der Waals surface area contributed by atoms with Crippen molar-refractivity contribution < 1.29 is 0 Å². The fourth-order valence-electron chi connectivity index (χ4n) is 1.52. The molecule has 1 N–H and O–H groups in total. The maximum absolute atomic E-state index is 6.12. The van der Waals surface area contributed by atoms with Gasteiger partial charge in [-0.1, -0.05) is 17.7 Å². The molecule has 84 valence electrons. The van der Waals surface area contributed by atoms with Crippen molar-refractivity contribution in [2.75, 3.05) is 5.32 Å². The molecule has 0 fully saturated rings. The van der Waals surface area contributed by atoms with Crippen molar-refractivity contribution in [2.24, 2.45) is 7.05 Å². The van der Waals surface area contributed by atoms with Crippen LogP contribution < -0.4 is 5.32 Å². The van der Waals surface area contributed by atoms with E-state index >= 15 is 0 Å². The molecule has 0 aliphatic heterocycles. The van der Waals surface area contributed by atoms with Gasteiger partial charge >= 0.3 is 0 Å². The van der Waals surface area contributed by atoms with Crippen LogP contribution >= 0.6 is 11.6 Å². The average Bonchev–Trinajstić information content (AvgIpc) is 2.63. The summed E-state index contributed by atoms with van der Waals surface area (Å²) in [5.74, 6) is 0. The zero-order valence-electron chi connectivity index (χ0n) is 9.37. The number of rotatable bonds is 3. The smallest absolute Gasteiger partial charge is 0.0640 e. The molecule has 0 unspecified atom stereocenters. The molecule has 0 aliphatic carbocycles. The van der Waals surface area contributed by atoms with E-state index in [0.29, 0.717) is 0 Å². The summed E-state index contributed by atoms with van der Waals surface area (Å²) in [7, 11) is 1.92. The van der Waals surface area contributed by atoms with Crippen molar-refractivity contribution in [3.05, 3.63) is 46.7 Å². The van der Waals surface area contributed by atoms with Crippen LogP contribution in [-0.4, -0.2) is 9.78 Å². The first-order valence-corrected chi connectivity index (χ1v) is 5.51. The highest BCUT2D eigenvalue weighted by atomic mass is 35.5. The van der Waals surface area contributed by atoms with E-state index in [1.54, 1.807) is 6.20 Å². The zero-order valence-corrected chi connectivity index (χ0v) is 10.1. The average molecular weight is 236 g/mol. The number of benzene rings is 1. The molecule has 0 spiro atoms. The van der Waals surface area contributed by atoms with Crippen LogP contribution in [0.5, 0.6) is 0 Å². The fourth-order valence-corrected chi connectivity index (χ4v) is 1.83. The molecule has 0 bridgehead atoms. The van der Waals surface area contributed by atoms with Crippen molar-refractivity contribution in [1.29, 1.82) is 0 Å². The lowest BCUT2D eigenvalue weighted by Crippen LogP contribution is -2.05. The van der Waals surface area contributed by atoms with Crippen molar-refractivity contribution in [3.8, 4) is 0 Å². The number of aromatic nitrogens is 2. The van der Waals surface area contributed by atoms with Crippen LogP contribution in [0, 0.1) is 6.92 Å². The van der Waals surface area contributed by atoms with Crippen molar-refractivity contribution in [3.63, 3.8) is 0 Å². The highest BCUT2D eigenvalue weighted by Crippen LogP contribution is 2.23. The van der Waals surface area contributed by atoms with Gasteiger partial charge in [-0.25, -0.2) is 0 Å². The predicted octanol–water partition coefficient (Wildman–Crippen LogP) is 2.99. The minimum absolute atomic E-state index is 0.722. The summed E-state index contributed by atoms with van der Waals surface area (Å²) in [6, 6.07) is 7.97. The molecule has 0 saturated carbocycles. The molecule has 4 heteroatoms. The van der Waals surface area contributed by atoms with Gasteiger partial charge in [0.2, 0.25) is 0 Å². The standard InChI is InChI=1S/C12H14ClN3/c1-9-3-4-12(11(13)7-9)14-8-10-5-6-15-16(10)2/h3-7,14H,8H2,1-2H3. The summed E-state index contributed by atoms with van der Waals surface area (Å²) in [4.78, 5) is 0. The molecular weight excluding hydrogens is 222 g/mol. The zero-order chi connectivity index (χ0) is 11.5. The van der Waals surface area contributed by atoms with E-state index in [-0.39, 0.29) is 0 Å². The van der Waals surface area contributed by atoms with Gasteiger partial charge in [0.05, 0.1) is 22.9 Å². The fraction of sp³-hybridized carbons (Fsp3) is 0.250. The topological polar surface area (TPSA) is 29.9 Å². The Morgan fingerprint density at radius 1 is 1.38 bits per heavy atom. The van der Waals surface area contributed by atoms with Crippen LogP contribution in [0.25, 0.3) is 0 Å². The molecule has 1 aromatic heterocycles. The highest BCUT2D eigenvalue weighted by Gasteiger charge is 2.02. The Balaban J connectivity index is 2.08. The summed E-state index contributed by atoms with van der Waals surface area (Å²) >= 11 is 6.12. The molecule has 0 atom stereocenters. The molecule has 1 aromatic carbocycles. The van der Waals surface area contributed by atoms with Gasteiger partial charge in [-0.3, -0.25) is 4.68 Å². The first-order chi connectivity index (χ1) is 7.66. The lowest BCUT2D eigenvalue weighted by molar-refractivity contribution is 0.720. The molecule has 0 saturated heterocycles. The lowest BCUT2D eigenvalue weighted by atomic mass is 10.2. The van der Waals surface area contributed by atoms with Crippen LogP contribution in [0.4, 0.5) is 5.69 Å². The molecule has 2 aromatic rings. The number of nitrogens with zero attached hydrogens (tertiary/aromatic N) is 2. The number of aryl methyl sites for hydroxylation is 2. The molecule has 0 radical (unpaired) electrons. The van der Waals surface area contributed by atoms with Gasteiger partial charge in [0.25, 0.3) is 0 Å². The summed E-state index contributed by atoms with van der Waals surface area (Å²) < 4.78 is 1.84. The van der Waals surface area contributed by atoms with Crippen LogP contribution in [0.2, 0.25) is 5.02 Å². The monoisotopic (exact) mass is 235 g/mol. The van der Waals surface area contributed by atoms with Gasteiger partial charge in [0, 0.05) is 13.2 Å². The van der Waals surface area contributed by atoms with E-state index in [2.05, 4.69) is 10.4 Å². The molecule has 0 aliphatic rings. The highest BCUT2D eigenvalue weighted by molar-refractivity contribution is 6.33. The van der Waals surface area contributed by atoms with Gasteiger partial charge in [-0.2, -0.15) is 5.10 Å². The Kier molecular flexibility index (Phi) is 3.15. The Hall–Kier alpha value is -1.48. The Labute approximate surface area is 100 Å². The maximum Gasteiger partial charge on any atom is 0.0640 e.